The van der Waals surface area contributed by atoms with Crippen LogP contribution in [0.4, 0.5) is 0 Å². The number of methoxy groups -OCH3 is 2. The van der Waals surface area contributed by atoms with E-state index < -0.39 is 11.9 Å². The predicted molar refractivity (Wildman–Crippen MR) is 96.2 cm³/mol. The highest BCUT2D eigenvalue weighted by atomic mass is 35.5. The zero-order valence-corrected chi connectivity index (χ0v) is 15.3. The number of carbonyl (C=O) groups excluding carboxylic acids is 2. The summed E-state index contributed by atoms with van der Waals surface area (Å²) >= 11 is 12.3. The predicted octanol–water partition coefficient (Wildman–Crippen LogP) is 3.82. The quantitative estimate of drug-likeness (QED) is 0.713. The maximum Gasteiger partial charge on any atom is 0.325 e. The van der Waals surface area contributed by atoms with Crippen LogP contribution < -0.4 is 4.74 Å². The molecule has 0 spiro atoms. The van der Waals surface area contributed by atoms with Gasteiger partial charge in [-0.25, -0.2) is 0 Å². The van der Waals surface area contributed by atoms with Crippen LogP contribution in [-0.2, 0) is 16.1 Å². The minimum atomic E-state index is -0.540. The first kappa shape index (κ1) is 19.1. The largest absolute Gasteiger partial charge is 0.494 e. The molecular weight excluding hydrogens is 365 g/mol. The number of hydrogen-bond acceptors (Lipinski definition) is 4. The zero-order valence-electron chi connectivity index (χ0n) is 13.8. The monoisotopic (exact) mass is 381 g/mol. The number of hydrogen-bond donors (Lipinski definition) is 0. The molecule has 7 heteroatoms. The average molecular weight is 382 g/mol. The Hall–Kier alpha value is -2.24. The Balaban J connectivity index is 2.41. The van der Waals surface area contributed by atoms with Crippen molar-refractivity contribution in [1.29, 1.82) is 0 Å². The smallest absolute Gasteiger partial charge is 0.325 e. The molecule has 2 aromatic carbocycles. The standard InChI is InChI=1S/C18H17Cl2NO4/c1-24-15(22)11-21(10-12-6-4-3-5-7-12)18(23)16-13(19)8-9-14(20)17(16)25-2/h3-9H,10-11H2,1-2H3. The lowest BCUT2D eigenvalue weighted by Gasteiger charge is -2.23. The molecule has 0 unspecified atom stereocenters. The number of amides is 1. The fraction of sp³-hybridized carbons (Fsp3) is 0.222. The topological polar surface area (TPSA) is 55.8 Å². The molecule has 2 aromatic rings. The summed E-state index contributed by atoms with van der Waals surface area (Å²) in [5.74, 6) is -0.845. The van der Waals surface area contributed by atoms with Crippen molar-refractivity contribution in [3.8, 4) is 5.75 Å². The molecule has 0 aromatic heterocycles. The minimum Gasteiger partial charge on any atom is -0.494 e. The van der Waals surface area contributed by atoms with Crippen molar-refractivity contribution < 1.29 is 19.1 Å². The molecule has 1 amide bonds. The number of benzene rings is 2. The van der Waals surface area contributed by atoms with Crippen molar-refractivity contribution in [3.63, 3.8) is 0 Å². The van der Waals surface area contributed by atoms with Gasteiger partial charge in [0.25, 0.3) is 5.91 Å². The van der Waals surface area contributed by atoms with Gasteiger partial charge in [-0.15, -0.1) is 0 Å². The number of nitrogens with zero attached hydrogens (tertiary/aromatic N) is 1. The molecule has 0 heterocycles. The molecule has 0 aliphatic rings. The number of rotatable bonds is 6. The van der Waals surface area contributed by atoms with Crippen molar-refractivity contribution in [3.05, 3.63) is 63.6 Å². The van der Waals surface area contributed by atoms with Gasteiger partial charge >= 0.3 is 5.97 Å². The first-order chi connectivity index (χ1) is 12.0. The van der Waals surface area contributed by atoms with E-state index in [-0.39, 0.29) is 34.4 Å². The van der Waals surface area contributed by atoms with Gasteiger partial charge in [-0.05, 0) is 17.7 Å². The molecule has 25 heavy (non-hydrogen) atoms. The molecule has 5 nitrogen and oxygen atoms in total. The van der Waals surface area contributed by atoms with Gasteiger partial charge < -0.3 is 14.4 Å². The second kappa shape index (κ2) is 8.74. The third kappa shape index (κ3) is 4.65. The van der Waals surface area contributed by atoms with E-state index in [1.54, 1.807) is 6.07 Å². The van der Waals surface area contributed by atoms with Crippen molar-refractivity contribution in [2.75, 3.05) is 20.8 Å². The van der Waals surface area contributed by atoms with Gasteiger partial charge in [-0.1, -0.05) is 53.5 Å². The molecule has 0 radical (unpaired) electrons. The third-order valence-electron chi connectivity index (χ3n) is 3.53. The lowest BCUT2D eigenvalue weighted by Crippen LogP contribution is -2.36. The molecule has 0 atom stereocenters. The molecule has 0 N–H and O–H groups in total. The maximum absolute atomic E-state index is 13.0. The van der Waals surface area contributed by atoms with E-state index in [9.17, 15) is 9.59 Å². The second-order valence-corrected chi connectivity index (χ2v) is 5.97. The molecule has 0 saturated carbocycles. The summed E-state index contributed by atoms with van der Waals surface area (Å²) in [6, 6.07) is 12.3. The Kier molecular flexibility index (Phi) is 6.67. The van der Waals surface area contributed by atoms with Crippen LogP contribution in [0, 0.1) is 0 Å². The van der Waals surface area contributed by atoms with Gasteiger partial charge in [0, 0.05) is 6.54 Å². The normalized spacial score (nSPS) is 10.2. The molecule has 0 fully saturated rings. The Bertz CT molecular complexity index is 765. The van der Waals surface area contributed by atoms with Crippen LogP contribution in [0.15, 0.2) is 42.5 Å². The Labute approximate surface area is 156 Å². The van der Waals surface area contributed by atoms with E-state index in [0.717, 1.165) is 5.56 Å². The van der Waals surface area contributed by atoms with E-state index in [2.05, 4.69) is 0 Å². The van der Waals surface area contributed by atoms with Crippen molar-refractivity contribution >= 4 is 35.1 Å². The maximum atomic E-state index is 13.0. The van der Waals surface area contributed by atoms with Crippen LogP contribution in [0.1, 0.15) is 15.9 Å². The molecule has 2 rings (SSSR count). The van der Waals surface area contributed by atoms with E-state index in [4.69, 9.17) is 32.7 Å². The number of esters is 1. The van der Waals surface area contributed by atoms with Crippen LogP contribution in [0.25, 0.3) is 0 Å². The molecule has 0 bridgehead atoms. The summed E-state index contributed by atoms with van der Waals surface area (Å²) in [4.78, 5) is 26.1. The molecule has 0 aliphatic heterocycles. The SMILES string of the molecule is COC(=O)CN(Cc1ccccc1)C(=O)c1c(Cl)ccc(Cl)c1OC. The van der Waals surface area contributed by atoms with Gasteiger partial charge in [-0.2, -0.15) is 0 Å². The molecule has 0 aliphatic carbocycles. The van der Waals surface area contributed by atoms with Crippen LogP contribution in [0.5, 0.6) is 5.75 Å². The zero-order chi connectivity index (χ0) is 18.4. The first-order valence-corrected chi connectivity index (χ1v) is 8.15. The van der Waals surface area contributed by atoms with Crippen molar-refractivity contribution in [2.45, 2.75) is 6.54 Å². The summed E-state index contributed by atoms with van der Waals surface area (Å²) in [6.45, 7) is -0.0169. The van der Waals surface area contributed by atoms with Crippen LogP contribution in [0.3, 0.4) is 0 Å². The first-order valence-electron chi connectivity index (χ1n) is 7.40. The Morgan fingerprint density at radius 3 is 2.24 bits per heavy atom. The Morgan fingerprint density at radius 1 is 1.00 bits per heavy atom. The molecule has 0 saturated heterocycles. The molecule has 132 valence electrons. The average Bonchev–Trinajstić information content (AvgIpc) is 2.62. The second-order valence-electron chi connectivity index (χ2n) is 5.16. The van der Waals surface area contributed by atoms with E-state index in [1.165, 1.54) is 25.2 Å². The van der Waals surface area contributed by atoms with Gasteiger partial charge in [0.05, 0.1) is 24.3 Å². The van der Waals surface area contributed by atoms with Gasteiger partial charge in [0.1, 0.15) is 12.1 Å². The fourth-order valence-electron chi connectivity index (χ4n) is 2.31. The fourth-order valence-corrected chi connectivity index (χ4v) is 2.78. The molecular formula is C18H17Cl2NO4. The minimum absolute atomic E-state index is 0.108. The highest BCUT2D eigenvalue weighted by molar-refractivity contribution is 6.37. The van der Waals surface area contributed by atoms with Gasteiger partial charge in [0.2, 0.25) is 0 Å². The summed E-state index contributed by atoms with van der Waals surface area (Å²) in [6.07, 6.45) is 0. The number of ether oxygens (including phenoxy) is 2. The highest BCUT2D eigenvalue weighted by Gasteiger charge is 2.26. The Morgan fingerprint density at radius 2 is 1.64 bits per heavy atom. The van der Waals surface area contributed by atoms with Crippen LogP contribution in [0.2, 0.25) is 10.0 Å². The highest BCUT2D eigenvalue weighted by Crippen LogP contribution is 2.35. The summed E-state index contributed by atoms with van der Waals surface area (Å²) in [5, 5.41) is 0.446. The number of carbonyl (C=O) groups is 2. The van der Waals surface area contributed by atoms with Gasteiger partial charge in [0.15, 0.2) is 5.75 Å². The summed E-state index contributed by atoms with van der Waals surface area (Å²) in [5.41, 5.74) is 0.966. The van der Waals surface area contributed by atoms with E-state index >= 15 is 0 Å². The summed E-state index contributed by atoms with van der Waals surface area (Å²) in [7, 11) is 2.66. The number of halogens is 2. The van der Waals surface area contributed by atoms with Crippen LogP contribution in [-0.4, -0.2) is 37.5 Å². The van der Waals surface area contributed by atoms with E-state index in [0.29, 0.717) is 0 Å². The van der Waals surface area contributed by atoms with Gasteiger partial charge in [-0.3, -0.25) is 9.59 Å². The van der Waals surface area contributed by atoms with Crippen molar-refractivity contribution in [2.24, 2.45) is 0 Å². The summed E-state index contributed by atoms with van der Waals surface area (Å²) < 4.78 is 9.92. The van der Waals surface area contributed by atoms with Crippen molar-refractivity contribution in [1.82, 2.24) is 4.90 Å². The lowest BCUT2D eigenvalue weighted by atomic mass is 10.1. The van der Waals surface area contributed by atoms with E-state index in [1.807, 2.05) is 30.3 Å². The van der Waals surface area contributed by atoms with Crippen LogP contribution >= 0.6 is 23.2 Å². The lowest BCUT2D eigenvalue weighted by molar-refractivity contribution is -0.141. The third-order valence-corrected chi connectivity index (χ3v) is 4.14.